The molecule has 0 heterocycles. The average Bonchev–Trinajstić information content (AvgIpc) is 2.33. The molecule has 6 nitrogen and oxygen atoms in total. The van der Waals surface area contributed by atoms with E-state index < -0.39 is 31.9 Å². The Morgan fingerprint density at radius 3 is 1.47 bits per heavy atom. The predicted octanol–water partition coefficient (Wildman–Crippen LogP) is -1.69. The van der Waals surface area contributed by atoms with Gasteiger partial charge in [0.1, 0.15) is 0 Å². The zero-order valence-corrected chi connectivity index (χ0v) is 10.1. The summed E-state index contributed by atoms with van der Waals surface area (Å²) >= 11 is -1.43. The summed E-state index contributed by atoms with van der Waals surface area (Å²) < 4.78 is 8.88. The molecule has 0 aliphatic carbocycles. The van der Waals surface area contributed by atoms with Crippen molar-refractivity contribution in [2.75, 3.05) is 14.2 Å². The van der Waals surface area contributed by atoms with Crippen LogP contribution in [-0.4, -0.2) is 26.2 Å². The van der Waals surface area contributed by atoms with Gasteiger partial charge in [0, 0.05) is 0 Å². The number of carbonyl (C=O) groups is 2. The summed E-state index contributed by atoms with van der Waals surface area (Å²) in [5.41, 5.74) is 0. The summed E-state index contributed by atoms with van der Waals surface area (Å²) in [5, 5.41) is 16.5. The first-order valence-electron chi connectivity index (χ1n) is 3.44. The average molecular weight is 252 g/mol. The van der Waals surface area contributed by atoms with Gasteiger partial charge in [-0.05, 0) is 0 Å². The van der Waals surface area contributed by atoms with E-state index in [4.69, 9.17) is 10.2 Å². The molecule has 0 amide bonds. The Labute approximate surface area is 98.1 Å². The Balaban J connectivity index is -0.000000318. The van der Waals surface area contributed by atoms with Gasteiger partial charge in [-0.25, -0.2) is 0 Å². The van der Waals surface area contributed by atoms with Crippen LogP contribution in [0.1, 0.15) is 0 Å². The minimum atomic E-state index is -1.43. The second-order valence-corrected chi connectivity index (χ2v) is 2.23. The summed E-state index contributed by atoms with van der Waals surface area (Å²) in [6.07, 6.45) is 2.01. The number of hydrogen-bond acceptors (Lipinski definition) is 6. The Morgan fingerprint density at radius 1 is 1.00 bits per heavy atom. The molecule has 0 aromatic heterocycles. The maximum absolute atomic E-state index is 10.4. The molecule has 0 bridgehead atoms. The number of hydrogen-bond donors (Lipinski definition) is 0. The van der Waals surface area contributed by atoms with Crippen molar-refractivity contribution in [2.45, 2.75) is 0 Å². The van der Waals surface area contributed by atoms with E-state index >= 15 is 0 Å². The van der Waals surface area contributed by atoms with E-state index in [1.165, 1.54) is 0 Å². The molecule has 0 rings (SSSR count). The van der Waals surface area contributed by atoms with Crippen molar-refractivity contribution in [3.63, 3.8) is 0 Å². The minimum Gasteiger partial charge on any atom is -0.857 e. The standard InChI is InChI=1S/2C3H4O2.2CH3O.Ti/c2*1-2-3(4)5;2*1-2;/h2*2H,1H2,(H,4,5);2*1H3;/q;;2*-1;+4/p-2. The molecular formula is C8H12O6Ti. The van der Waals surface area contributed by atoms with Crippen LogP contribution in [0.3, 0.4) is 0 Å². The van der Waals surface area contributed by atoms with Crippen molar-refractivity contribution in [3.8, 4) is 0 Å². The van der Waals surface area contributed by atoms with Crippen LogP contribution in [0, 0.1) is 0 Å². The summed E-state index contributed by atoms with van der Waals surface area (Å²) in [6.45, 7) is 6.33. The molecule has 15 heavy (non-hydrogen) atoms. The van der Waals surface area contributed by atoms with E-state index in [-0.39, 0.29) is 0 Å². The molecule has 0 saturated carbocycles. The molecule has 0 atom stereocenters. The Bertz CT molecular complexity index is 172. The van der Waals surface area contributed by atoms with Gasteiger partial charge in [0.15, 0.2) is 0 Å². The Kier molecular flexibility index (Phi) is 24.5. The second-order valence-electron chi connectivity index (χ2n) is 1.33. The van der Waals surface area contributed by atoms with Crippen molar-refractivity contribution in [1.29, 1.82) is 0 Å². The third-order valence-corrected chi connectivity index (χ3v) is 1.51. The van der Waals surface area contributed by atoms with Crippen molar-refractivity contribution in [3.05, 3.63) is 25.3 Å². The van der Waals surface area contributed by atoms with Gasteiger partial charge >= 0.3 is 73.4 Å². The zero-order valence-electron chi connectivity index (χ0n) is 8.52. The molecule has 0 aromatic carbocycles. The number of carbonyl (C=O) groups excluding carboxylic acids is 2. The molecule has 0 radical (unpaired) electrons. The first-order chi connectivity index (χ1) is 7.20. The SMILES string of the molecule is C=CC(=O)[O][Ti+2][O]C(=O)C=C.C[O-].C[O-]. The van der Waals surface area contributed by atoms with Gasteiger partial charge in [-0.3, -0.25) is 0 Å². The first-order valence-corrected chi connectivity index (χ1v) is 4.71. The van der Waals surface area contributed by atoms with Crippen LogP contribution >= 0.6 is 0 Å². The molecule has 0 unspecified atom stereocenters. The second kappa shape index (κ2) is 18.8. The van der Waals surface area contributed by atoms with Crippen LogP contribution in [0.15, 0.2) is 25.3 Å². The van der Waals surface area contributed by atoms with E-state index in [9.17, 15) is 9.59 Å². The normalized spacial score (nSPS) is 6.13. The van der Waals surface area contributed by atoms with E-state index in [2.05, 4.69) is 19.8 Å². The molecule has 84 valence electrons. The van der Waals surface area contributed by atoms with Crippen LogP contribution in [0.4, 0.5) is 0 Å². The maximum Gasteiger partial charge on any atom is -0.153 e. The van der Waals surface area contributed by atoms with Gasteiger partial charge in [-0.1, -0.05) is 0 Å². The third-order valence-electron chi connectivity index (χ3n) is 0.618. The summed E-state index contributed by atoms with van der Waals surface area (Å²) in [4.78, 5) is 20.7. The molecule has 0 fully saturated rings. The smallest absolute Gasteiger partial charge is 0.153 e. The van der Waals surface area contributed by atoms with Crippen LogP contribution < -0.4 is 10.2 Å². The first kappa shape index (κ1) is 19.6. The molecule has 0 N–H and O–H groups in total. The van der Waals surface area contributed by atoms with E-state index in [0.29, 0.717) is 0 Å². The maximum atomic E-state index is 10.4. The van der Waals surface area contributed by atoms with Gasteiger partial charge in [0.05, 0.1) is 0 Å². The van der Waals surface area contributed by atoms with Crippen LogP contribution in [0.5, 0.6) is 0 Å². The molecule has 0 aliphatic heterocycles. The summed E-state index contributed by atoms with van der Waals surface area (Å²) in [6, 6.07) is 0. The van der Waals surface area contributed by atoms with Crippen molar-refractivity contribution in [2.24, 2.45) is 0 Å². The van der Waals surface area contributed by atoms with E-state index in [1.54, 1.807) is 0 Å². The Hall–Kier alpha value is -0.946. The Morgan fingerprint density at radius 2 is 1.27 bits per heavy atom. The molecule has 0 aromatic rings. The fourth-order valence-corrected chi connectivity index (χ4v) is 0.768. The predicted molar refractivity (Wildman–Crippen MR) is 44.4 cm³/mol. The summed E-state index contributed by atoms with van der Waals surface area (Å²) in [5.74, 6) is -1.16. The van der Waals surface area contributed by atoms with Crippen LogP contribution in [0.25, 0.3) is 0 Å². The molecule has 0 saturated heterocycles. The van der Waals surface area contributed by atoms with Gasteiger partial charge < -0.3 is 10.2 Å². The van der Waals surface area contributed by atoms with Gasteiger partial charge in [-0.2, -0.15) is 14.2 Å². The monoisotopic (exact) mass is 252 g/mol. The van der Waals surface area contributed by atoms with E-state index in [1.807, 2.05) is 0 Å². The van der Waals surface area contributed by atoms with Crippen molar-refractivity contribution >= 4 is 11.9 Å². The number of rotatable bonds is 4. The van der Waals surface area contributed by atoms with E-state index in [0.717, 1.165) is 26.4 Å². The fraction of sp³-hybridized carbons (Fsp3) is 0.250. The van der Waals surface area contributed by atoms with Gasteiger partial charge in [-0.15, -0.1) is 0 Å². The largest absolute Gasteiger partial charge is 0.857 e. The zero-order chi connectivity index (χ0) is 12.7. The van der Waals surface area contributed by atoms with Crippen molar-refractivity contribution < 1.29 is 46.4 Å². The topological polar surface area (TPSA) is 98.7 Å². The molecular weight excluding hydrogens is 240 g/mol. The molecule has 0 aliphatic rings. The molecule has 7 heteroatoms. The van der Waals surface area contributed by atoms with Crippen LogP contribution in [0.2, 0.25) is 0 Å². The van der Waals surface area contributed by atoms with Gasteiger partial charge in [0.2, 0.25) is 0 Å². The molecule has 0 spiro atoms. The summed E-state index contributed by atoms with van der Waals surface area (Å²) in [7, 11) is 1.50. The minimum absolute atomic E-state index is 0.582. The van der Waals surface area contributed by atoms with Crippen LogP contribution in [-0.2, 0) is 36.2 Å². The third kappa shape index (κ3) is 19.5. The van der Waals surface area contributed by atoms with Crippen molar-refractivity contribution in [1.82, 2.24) is 0 Å². The quantitative estimate of drug-likeness (QED) is 0.437. The fourth-order valence-electron chi connectivity index (χ4n) is 0.186. The van der Waals surface area contributed by atoms with Gasteiger partial charge in [0.25, 0.3) is 0 Å².